The van der Waals surface area contributed by atoms with Crippen molar-refractivity contribution < 1.29 is 32.4 Å². The molecule has 0 saturated heterocycles. The monoisotopic (exact) mass is 296 g/mol. The number of pyridine rings is 1. The number of hydrogen-bond donors (Lipinski definition) is 1. The number of hydrogen-bond acceptors (Lipinski definition) is 6. The maximum atomic E-state index is 12.2. The summed E-state index contributed by atoms with van der Waals surface area (Å²) in [6, 6.07) is 0. The number of carbonyl (C=O) groups is 1. The molecule has 0 bridgehead atoms. The van der Waals surface area contributed by atoms with Crippen LogP contribution in [0.2, 0.25) is 0 Å². The third-order valence-electron chi connectivity index (χ3n) is 2.09. The van der Waals surface area contributed by atoms with Crippen LogP contribution in [-0.2, 0) is 16.0 Å². The van der Waals surface area contributed by atoms with Crippen LogP contribution in [0, 0.1) is 10.1 Å². The van der Waals surface area contributed by atoms with Gasteiger partial charge in [0.1, 0.15) is 0 Å². The molecule has 1 N–H and O–H groups in total. The topological polar surface area (TPSA) is 112 Å². The van der Waals surface area contributed by atoms with Crippen molar-refractivity contribution in [2.45, 2.75) is 12.8 Å². The molecular weight excluding hydrogens is 289 g/mol. The Labute approximate surface area is 108 Å². The number of methoxy groups -OCH3 is 1. The van der Waals surface area contributed by atoms with E-state index < -0.39 is 46.2 Å². The first-order chi connectivity index (χ1) is 9.15. The largest absolute Gasteiger partial charge is 0.573 e. The normalized spacial score (nSPS) is 11.0. The van der Waals surface area contributed by atoms with Gasteiger partial charge in [0.2, 0.25) is 5.75 Å². The van der Waals surface area contributed by atoms with Crippen LogP contribution in [0.4, 0.5) is 18.9 Å². The fraction of sp³-hybridized carbons (Fsp3) is 0.333. The van der Waals surface area contributed by atoms with Crippen molar-refractivity contribution in [2.24, 2.45) is 0 Å². The Balaban J connectivity index is 3.45. The molecule has 1 heterocycles. The number of aromatic nitrogens is 1. The molecule has 0 saturated carbocycles. The molecule has 0 radical (unpaired) electrons. The minimum absolute atomic E-state index is 0.573. The Hall–Kier alpha value is -2.59. The van der Waals surface area contributed by atoms with E-state index in [9.17, 15) is 32.9 Å². The molecule has 110 valence electrons. The van der Waals surface area contributed by atoms with Gasteiger partial charge < -0.3 is 14.5 Å². The maximum absolute atomic E-state index is 12.2. The van der Waals surface area contributed by atoms with Crippen LogP contribution in [0.25, 0.3) is 0 Å². The predicted molar refractivity (Wildman–Crippen MR) is 56.1 cm³/mol. The standard InChI is InChI=1S/C9H7F3N2O6/c1-19-6(15)2-4-5(14(17)18)3-13-8(16)7(4)20-9(10,11)12/h3H,2H2,1H3,(H,13,16). The minimum Gasteiger partial charge on any atom is -0.469 e. The summed E-state index contributed by atoms with van der Waals surface area (Å²) in [5, 5.41) is 10.7. The van der Waals surface area contributed by atoms with Gasteiger partial charge in [-0.25, -0.2) is 0 Å². The molecule has 0 fully saturated rings. The fourth-order valence-electron chi connectivity index (χ4n) is 1.31. The first-order valence-electron chi connectivity index (χ1n) is 4.87. The SMILES string of the molecule is COC(=O)Cc1c([N+](=O)[O-])c[nH]c(=O)c1OC(F)(F)F. The molecule has 0 spiro atoms. The van der Waals surface area contributed by atoms with Crippen LogP contribution in [0.3, 0.4) is 0 Å². The van der Waals surface area contributed by atoms with E-state index in [2.05, 4.69) is 9.47 Å². The highest BCUT2D eigenvalue weighted by Crippen LogP contribution is 2.29. The lowest BCUT2D eigenvalue weighted by molar-refractivity contribution is -0.386. The van der Waals surface area contributed by atoms with E-state index in [4.69, 9.17) is 0 Å². The predicted octanol–water partition coefficient (Wildman–Crippen LogP) is 0.897. The zero-order chi connectivity index (χ0) is 15.5. The Bertz CT molecular complexity index is 594. The molecule has 0 amide bonds. The van der Waals surface area contributed by atoms with Crippen molar-refractivity contribution in [1.29, 1.82) is 0 Å². The molecule has 0 atom stereocenters. The number of nitro groups is 1. The van der Waals surface area contributed by atoms with E-state index in [1.165, 1.54) is 0 Å². The third-order valence-corrected chi connectivity index (χ3v) is 2.09. The van der Waals surface area contributed by atoms with Gasteiger partial charge in [0, 0.05) is 0 Å². The number of esters is 1. The first kappa shape index (κ1) is 15.5. The van der Waals surface area contributed by atoms with Gasteiger partial charge in [-0.05, 0) is 0 Å². The Morgan fingerprint density at radius 2 is 2.10 bits per heavy atom. The van der Waals surface area contributed by atoms with Gasteiger partial charge in [0.15, 0.2) is 0 Å². The number of rotatable bonds is 4. The molecule has 20 heavy (non-hydrogen) atoms. The molecule has 11 heteroatoms. The van der Waals surface area contributed by atoms with Crippen LogP contribution in [0.1, 0.15) is 5.56 Å². The number of nitrogens with zero attached hydrogens (tertiary/aromatic N) is 1. The summed E-state index contributed by atoms with van der Waals surface area (Å²) in [6.07, 6.45) is -5.58. The zero-order valence-electron chi connectivity index (χ0n) is 9.82. The lowest BCUT2D eigenvalue weighted by atomic mass is 10.1. The summed E-state index contributed by atoms with van der Waals surface area (Å²) >= 11 is 0. The van der Waals surface area contributed by atoms with E-state index >= 15 is 0 Å². The van der Waals surface area contributed by atoms with Gasteiger partial charge in [-0.2, -0.15) is 0 Å². The highest BCUT2D eigenvalue weighted by Gasteiger charge is 2.36. The molecule has 1 aromatic rings. The molecule has 1 aromatic heterocycles. The summed E-state index contributed by atoms with van der Waals surface area (Å²) in [7, 11) is 0.936. The van der Waals surface area contributed by atoms with Gasteiger partial charge in [-0.3, -0.25) is 19.7 Å². The molecule has 1 rings (SSSR count). The summed E-state index contributed by atoms with van der Waals surface area (Å²) in [6.45, 7) is 0. The van der Waals surface area contributed by atoms with E-state index in [1.54, 1.807) is 4.98 Å². The van der Waals surface area contributed by atoms with Crippen LogP contribution < -0.4 is 10.3 Å². The van der Waals surface area contributed by atoms with Crippen molar-refractivity contribution in [1.82, 2.24) is 4.98 Å². The van der Waals surface area contributed by atoms with Crippen LogP contribution in [0.15, 0.2) is 11.0 Å². The summed E-state index contributed by atoms with van der Waals surface area (Å²) in [4.78, 5) is 33.8. The first-order valence-corrected chi connectivity index (χ1v) is 4.87. The van der Waals surface area contributed by atoms with Crippen LogP contribution >= 0.6 is 0 Å². The highest BCUT2D eigenvalue weighted by atomic mass is 19.4. The van der Waals surface area contributed by atoms with Gasteiger partial charge in [0.05, 0.1) is 30.2 Å². The average molecular weight is 296 g/mol. The van der Waals surface area contributed by atoms with Crippen molar-refractivity contribution in [3.63, 3.8) is 0 Å². The summed E-state index contributed by atoms with van der Waals surface area (Å²) < 4.78 is 44.2. The van der Waals surface area contributed by atoms with Gasteiger partial charge >= 0.3 is 12.3 Å². The fourth-order valence-corrected chi connectivity index (χ4v) is 1.31. The summed E-state index contributed by atoms with van der Waals surface area (Å²) in [5.74, 6) is -2.43. The lowest BCUT2D eigenvalue weighted by Crippen LogP contribution is -2.25. The van der Waals surface area contributed by atoms with E-state index in [0.717, 1.165) is 7.11 Å². The quantitative estimate of drug-likeness (QED) is 0.502. The number of ether oxygens (including phenoxy) is 2. The lowest BCUT2D eigenvalue weighted by Gasteiger charge is -2.11. The molecule has 0 aromatic carbocycles. The van der Waals surface area contributed by atoms with Crippen LogP contribution in [0.5, 0.6) is 5.75 Å². The number of nitrogens with one attached hydrogen (secondary N) is 1. The highest BCUT2D eigenvalue weighted by molar-refractivity contribution is 5.75. The van der Waals surface area contributed by atoms with Gasteiger partial charge in [-0.15, -0.1) is 13.2 Å². The van der Waals surface area contributed by atoms with E-state index in [-0.39, 0.29) is 0 Å². The number of H-pyrrole nitrogens is 1. The average Bonchev–Trinajstić information content (AvgIpc) is 2.31. The second-order valence-corrected chi connectivity index (χ2v) is 3.37. The molecular formula is C9H7F3N2O6. The van der Waals surface area contributed by atoms with Gasteiger partial charge in [-0.1, -0.05) is 0 Å². The van der Waals surface area contributed by atoms with Crippen molar-refractivity contribution >= 4 is 11.7 Å². The number of aromatic amines is 1. The molecule has 0 aliphatic rings. The molecule has 0 aliphatic carbocycles. The Morgan fingerprint density at radius 3 is 2.55 bits per heavy atom. The van der Waals surface area contributed by atoms with Crippen LogP contribution in [-0.4, -0.2) is 29.3 Å². The number of halogens is 3. The Morgan fingerprint density at radius 1 is 1.50 bits per heavy atom. The second-order valence-electron chi connectivity index (χ2n) is 3.37. The van der Waals surface area contributed by atoms with Crippen molar-refractivity contribution in [3.05, 3.63) is 32.2 Å². The smallest absolute Gasteiger partial charge is 0.469 e. The molecule has 8 nitrogen and oxygen atoms in total. The van der Waals surface area contributed by atoms with Gasteiger partial charge in [0.25, 0.3) is 11.2 Å². The number of carbonyl (C=O) groups excluding carboxylic acids is 1. The second kappa shape index (κ2) is 5.59. The molecule has 0 unspecified atom stereocenters. The zero-order valence-corrected chi connectivity index (χ0v) is 9.82. The third kappa shape index (κ3) is 3.70. The van der Waals surface area contributed by atoms with E-state index in [1.807, 2.05) is 0 Å². The minimum atomic E-state index is -5.24. The molecule has 0 aliphatic heterocycles. The van der Waals surface area contributed by atoms with Crippen molar-refractivity contribution in [2.75, 3.05) is 7.11 Å². The van der Waals surface area contributed by atoms with E-state index in [0.29, 0.717) is 6.20 Å². The van der Waals surface area contributed by atoms with Crippen molar-refractivity contribution in [3.8, 4) is 5.75 Å². The number of alkyl halides is 3. The maximum Gasteiger partial charge on any atom is 0.573 e. The Kier molecular flexibility index (Phi) is 4.32. The summed E-state index contributed by atoms with van der Waals surface area (Å²) in [5.41, 5.74) is -3.07.